The molecule has 1 fully saturated rings. The molecule has 0 unspecified atom stereocenters. The number of rotatable bonds is 8. The second-order valence-corrected chi connectivity index (χ2v) is 9.79. The standard InChI is InChI=1S/C31H32N2O6/c1-3-17-37-31(36)21-9-11-23(12-10-21)39-29-20(2)38-30-24(28(29)35)13-14-27(34)25(30)19-33-16-5-4-8-26(33)22-7-6-15-32-18-22/h6-7,9-15,18,26,34H,3-5,8,16-17,19H2,1-2H3/t26-/m0/s1. The molecule has 5 rings (SSSR count). The summed E-state index contributed by atoms with van der Waals surface area (Å²) in [7, 11) is 0. The van der Waals surface area contributed by atoms with Gasteiger partial charge >= 0.3 is 5.97 Å². The smallest absolute Gasteiger partial charge is 0.338 e. The van der Waals surface area contributed by atoms with Crippen molar-refractivity contribution in [2.45, 2.75) is 52.1 Å². The lowest BCUT2D eigenvalue weighted by molar-refractivity contribution is 0.0505. The summed E-state index contributed by atoms with van der Waals surface area (Å²) in [4.78, 5) is 32.2. The summed E-state index contributed by atoms with van der Waals surface area (Å²) in [6, 6.07) is 13.7. The van der Waals surface area contributed by atoms with Crippen molar-refractivity contribution in [2.75, 3.05) is 13.2 Å². The number of carbonyl (C=O) groups is 1. The number of aromatic nitrogens is 1. The topological polar surface area (TPSA) is 102 Å². The molecule has 0 spiro atoms. The predicted molar refractivity (Wildman–Crippen MR) is 147 cm³/mol. The third-order valence-corrected chi connectivity index (χ3v) is 7.05. The molecule has 1 aliphatic rings. The number of benzene rings is 2. The summed E-state index contributed by atoms with van der Waals surface area (Å²) in [5, 5.41) is 11.2. The largest absolute Gasteiger partial charge is 0.507 e. The second kappa shape index (κ2) is 11.7. The van der Waals surface area contributed by atoms with Gasteiger partial charge in [-0.25, -0.2) is 4.79 Å². The van der Waals surface area contributed by atoms with Gasteiger partial charge < -0.3 is 19.0 Å². The normalized spacial score (nSPS) is 15.8. The number of carbonyl (C=O) groups excluding carboxylic acids is 1. The Balaban J connectivity index is 1.44. The van der Waals surface area contributed by atoms with Crippen molar-refractivity contribution in [2.24, 2.45) is 0 Å². The Bertz CT molecular complexity index is 1510. The molecule has 2 aromatic carbocycles. The van der Waals surface area contributed by atoms with E-state index in [2.05, 4.69) is 16.0 Å². The van der Waals surface area contributed by atoms with E-state index in [1.807, 2.05) is 19.2 Å². The molecule has 0 amide bonds. The van der Waals surface area contributed by atoms with Crippen LogP contribution in [0.3, 0.4) is 0 Å². The van der Waals surface area contributed by atoms with Crippen LogP contribution in [0.15, 0.2) is 70.1 Å². The first-order valence-corrected chi connectivity index (χ1v) is 13.3. The average molecular weight is 529 g/mol. The molecule has 4 aromatic rings. The Hall–Kier alpha value is -4.17. The molecule has 2 aromatic heterocycles. The van der Waals surface area contributed by atoms with E-state index in [1.165, 1.54) is 6.07 Å². The number of phenolic OH excluding ortho intramolecular Hbond substituents is 1. The van der Waals surface area contributed by atoms with Crippen LogP contribution in [0.2, 0.25) is 0 Å². The molecule has 39 heavy (non-hydrogen) atoms. The fourth-order valence-corrected chi connectivity index (χ4v) is 5.05. The summed E-state index contributed by atoms with van der Waals surface area (Å²) in [5.41, 5.74) is 2.14. The van der Waals surface area contributed by atoms with Crippen LogP contribution in [-0.2, 0) is 11.3 Å². The zero-order chi connectivity index (χ0) is 27.4. The van der Waals surface area contributed by atoms with Crippen LogP contribution in [0.1, 0.15) is 65.9 Å². The van der Waals surface area contributed by atoms with E-state index in [4.69, 9.17) is 13.9 Å². The fraction of sp³-hybridized carbons (Fsp3) is 0.323. The lowest BCUT2D eigenvalue weighted by Crippen LogP contribution is -2.33. The molecule has 0 saturated carbocycles. The Morgan fingerprint density at radius 2 is 1.97 bits per heavy atom. The van der Waals surface area contributed by atoms with Gasteiger partial charge in [-0.1, -0.05) is 19.4 Å². The quantitative estimate of drug-likeness (QED) is 0.266. The van der Waals surface area contributed by atoms with Crippen molar-refractivity contribution in [1.29, 1.82) is 0 Å². The van der Waals surface area contributed by atoms with E-state index < -0.39 is 5.97 Å². The maximum atomic E-state index is 13.5. The number of nitrogens with zero attached hydrogens (tertiary/aromatic N) is 2. The molecule has 1 N–H and O–H groups in total. The summed E-state index contributed by atoms with van der Waals surface area (Å²) in [5.74, 6) is 0.430. The Morgan fingerprint density at radius 1 is 1.15 bits per heavy atom. The third kappa shape index (κ3) is 5.66. The Labute approximate surface area is 226 Å². The summed E-state index contributed by atoms with van der Waals surface area (Å²) < 4.78 is 17.2. The minimum absolute atomic E-state index is 0.0617. The van der Waals surface area contributed by atoms with Crippen molar-refractivity contribution >= 4 is 16.9 Å². The lowest BCUT2D eigenvalue weighted by atomic mass is 9.95. The second-order valence-electron chi connectivity index (χ2n) is 9.79. The number of aromatic hydroxyl groups is 1. The van der Waals surface area contributed by atoms with Crippen LogP contribution in [-0.4, -0.2) is 34.1 Å². The van der Waals surface area contributed by atoms with Gasteiger partial charge in [0.05, 0.1) is 23.1 Å². The number of fused-ring (bicyclic) bond motifs is 1. The predicted octanol–water partition coefficient (Wildman–Crippen LogP) is 6.29. The highest BCUT2D eigenvalue weighted by molar-refractivity contribution is 5.89. The molecule has 3 heterocycles. The molecule has 202 valence electrons. The fourth-order valence-electron chi connectivity index (χ4n) is 5.05. The number of hydrogen-bond donors (Lipinski definition) is 1. The van der Waals surface area contributed by atoms with Gasteiger partial charge in [0.1, 0.15) is 22.8 Å². The van der Waals surface area contributed by atoms with Gasteiger partial charge in [0.15, 0.2) is 0 Å². The molecule has 1 aliphatic heterocycles. The highest BCUT2D eigenvalue weighted by Gasteiger charge is 2.27. The highest BCUT2D eigenvalue weighted by atomic mass is 16.5. The Kier molecular flexibility index (Phi) is 7.93. The van der Waals surface area contributed by atoms with Crippen molar-refractivity contribution in [3.63, 3.8) is 0 Å². The average Bonchev–Trinajstić information content (AvgIpc) is 2.96. The van der Waals surface area contributed by atoms with E-state index >= 15 is 0 Å². The summed E-state index contributed by atoms with van der Waals surface area (Å²) >= 11 is 0. The van der Waals surface area contributed by atoms with Crippen molar-refractivity contribution in [3.05, 3.63) is 93.6 Å². The first-order valence-electron chi connectivity index (χ1n) is 13.3. The summed E-state index contributed by atoms with van der Waals surface area (Å²) in [6.07, 6.45) is 7.56. The molecular formula is C31H32N2O6. The van der Waals surface area contributed by atoms with E-state index in [9.17, 15) is 14.7 Å². The summed E-state index contributed by atoms with van der Waals surface area (Å²) in [6.45, 7) is 5.25. The van der Waals surface area contributed by atoms with Crippen LogP contribution < -0.4 is 10.2 Å². The van der Waals surface area contributed by atoms with Crippen LogP contribution in [0, 0.1) is 6.92 Å². The minimum Gasteiger partial charge on any atom is -0.507 e. The first kappa shape index (κ1) is 26.4. The van der Waals surface area contributed by atoms with Gasteiger partial charge in [0.25, 0.3) is 0 Å². The molecular weight excluding hydrogens is 496 g/mol. The zero-order valence-corrected chi connectivity index (χ0v) is 22.2. The van der Waals surface area contributed by atoms with Crippen LogP contribution in [0.25, 0.3) is 11.0 Å². The maximum absolute atomic E-state index is 13.5. The molecule has 8 nitrogen and oxygen atoms in total. The van der Waals surface area contributed by atoms with E-state index in [0.717, 1.165) is 37.8 Å². The van der Waals surface area contributed by atoms with Crippen LogP contribution in [0.5, 0.6) is 17.2 Å². The number of phenols is 1. The van der Waals surface area contributed by atoms with E-state index in [1.54, 1.807) is 43.5 Å². The number of hydrogen-bond acceptors (Lipinski definition) is 8. The number of esters is 1. The molecule has 1 saturated heterocycles. The SMILES string of the molecule is CCCOC(=O)c1ccc(Oc2c(C)oc3c(CN4CCCC[C@H]4c4cccnc4)c(O)ccc3c2=O)cc1. The lowest BCUT2D eigenvalue weighted by Gasteiger charge is -2.36. The molecule has 0 radical (unpaired) electrons. The molecule has 0 aliphatic carbocycles. The van der Waals surface area contributed by atoms with Crippen molar-refractivity contribution in [1.82, 2.24) is 9.88 Å². The Morgan fingerprint density at radius 3 is 2.72 bits per heavy atom. The minimum atomic E-state index is -0.406. The number of ether oxygens (including phenoxy) is 2. The monoisotopic (exact) mass is 528 g/mol. The van der Waals surface area contributed by atoms with Crippen LogP contribution >= 0.6 is 0 Å². The maximum Gasteiger partial charge on any atom is 0.338 e. The number of pyridine rings is 1. The number of likely N-dealkylation sites (tertiary alicyclic amines) is 1. The molecule has 1 atom stereocenters. The van der Waals surface area contributed by atoms with Crippen molar-refractivity contribution in [3.8, 4) is 17.2 Å². The molecule has 0 bridgehead atoms. The van der Waals surface area contributed by atoms with Gasteiger partial charge in [-0.15, -0.1) is 0 Å². The third-order valence-electron chi connectivity index (χ3n) is 7.05. The van der Waals surface area contributed by atoms with E-state index in [-0.39, 0.29) is 23.0 Å². The zero-order valence-electron chi connectivity index (χ0n) is 22.2. The van der Waals surface area contributed by atoms with Gasteiger partial charge in [0, 0.05) is 25.0 Å². The van der Waals surface area contributed by atoms with Gasteiger partial charge in [0.2, 0.25) is 11.2 Å². The van der Waals surface area contributed by atoms with Gasteiger partial charge in [-0.05, 0) is 80.8 Å². The highest BCUT2D eigenvalue weighted by Crippen LogP contribution is 2.36. The van der Waals surface area contributed by atoms with Gasteiger partial charge in [-0.2, -0.15) is 0 Å². The van der Waals surface area contributed by atoms with Crippen LogP contribution in [0.4, 0.5) is 0 Å². The van der Waals surface area contributed by atoms with Gasteiger partial charge in [-0.3, -0.25) is 14.7 Å². The van der Waals surface area contributed by atoms with Crippen molar-refractivity contribution < 1.29 is 23.8 Å². The number of aryl methyl sites for hydroxylation is 1. The first-order chi connectivity index (χ1) is 19.0. The molecule has 8 heteroatoms. The van der Waals surface area contributed by atoms with E-state index in [0.29, 0.717) is 46.8 Å². The number of piperidine rings is 1.